The summed E-state index contributed by atoms with van der Waals surface area (Å²) in [6.45, 7) is 4.37. The van der Waals surface area contributed by atoms with E-state index in [0.29, 0.717) is 35.0 Å². The molecule has 10 heteroatoms. The van der Waals surface area contributed by atoms with Crippen LogP contribution in [0.15, 0.2) is 79.1 Å². The van der Waals surface area contributed by atoms with E-state index in [1.54, 1.807) is 48.5 Å². The Morgan fingerprint density at radius 3 is 1.27 bits per heavy atom. The molecule has 0 spiro atoms. The molecule has 0 saturated carbocycles. The van der Waals surface area contributed by atoms with Gasteiger partial charge in [-0.2, -0.15) is 0 Å². The number of carbonyl (C=O) groups is 2. The molecule has 0 aliphatic heterocycles. The quantitative estimate of drug-likeness (QED) is 0.0436. The van der Waals surface area contributed by atoms with Crippen LogP contribution in [0.3, 0.4) is 0 Å². The van der Waals surface area contributed by atoms with Gasteiger partial charge in [-0.3, -0.25) is 9.59 Å². The van der Waals surface area contributed by atoms with Crippen molar-refractivity contribution in [1.29, 1.82) is 0 Å². The topological polar surface area (TPSA) is 139 Å². The van der Waals surface area contributed by atoms with Gasteiger partial charge in [-0.25, -0.2) is 19.6 Å². The highest BCUT2D eigenvalue weighted by Gasteiger charge is 2.15. The monoisotopic (exact) mass is 708 g/mol. The molecule has 0 atom stereocenters. The van der Waals surface area contributed by atoms with Gasteiger partial charge in [0.2, 0.25) is 11.8 Å². The van der Waals surface area contributed by atoms with Crippen LogP contribution >= 0.6 is 0 Å². The van der Waals surface area contributed by atoms with Crippen molar-refractivity contribution in [3.8, 4) is 34.4 Å². The van der Waals surface area contributed by atoms with E-state index in [2.05, 4.69) is 23.8 Å². The number of esters is 2. The van der Waals surface area contributed by atoms with Gasteiger partial charge in [0.05, 0.1) is 21.8 Å². The molecule has 10 nitrogen and oxygen atoms in total. The molecular formula is C42H48N2O8. The Morgan fingerprint density at radius 1 is 0.519 bits per heavy atom. The lowest BCUT2D eigenvalue weighted by molar-refractivity contribution is -0.135. The molecule has 3 aromatic carbocycles. The van der Waals surface area contributed by atoms with Crippen LogP contribution in [0.4, 0.5) is 0 Å². The molecule has 0 unspecified atom stereocenters. The molecule has 274 valence electrons. The molecule has 0 N–H and O–H groups in total. The smallest absolute Gasteiger partial charge is 0.347 e. The third kappa shape index (κ3) is 10.9. The average Bonchev–Trinajstić information content (AvgIpc) is 3.14. The summed E-state index contributed by atoms with van der Waals surface area (Å²) >= 11 is 0. The number of carbonyl (C=O) groups excluding carboxylic acids is 2. The highest BCUT2D eigenvalue weighted by atomic mass is 16.5. The number of unbranched alkanes of at least 4 members (excludes halogenated alkanes) is 12. The predicted molar refractivity (Wildman–Crippen MR) is 201 cm³/mol. The minimum Gasteiger partial charge on any atom is -0.427 e. The van der Waals surface area contributed by atoms with Gasteiger partial charge >= 0.3 is 23.2 Å². The number of aromatic nitrogens is 2. The van der Waals surface area contributed by atoms with Crippen molar-refractivity contribution in [3.05, 3.63) is 81.5 Å². The minimum atomic E-state index is -0.612. The van der Waals surface area contributed by atoms with Crippen molar-refractivity contribution in [2.45, 2.75) is 117 Å². The third-order valence-corrected chi connectivity index (χ3v) is 9.01. The maximum atomic E-state index is 12.9. The Hall–Kier alpha value is -5.12. The van der Waals surface area contributed by atoms with Gasteiger partial charge in [-0.15, -0.1) is 0 Å². The Balaban J connectivity index is 1.18. The van der Waals surface area contributed by atoms with Crippen LogP contribution in [-0.2, 0) is 9.59 Å². The van der Waals surface area contributed by atoms with Crippen LogP contribution in [0.2, 0.25) is 0 Å². The van der Waals surface area contributed by atoms with Crippen LogP contribution in [0.1, 0.15) is 117 Å². The number of nitrogens with zero attached hydrogens (tertiary/aromatic N) is 2. The van der Waals surface area contributed by atoms with Crippen LogP contribution in [0.5, 0.6) is 11.5 Å². The maximum absolute atomic E-state index is 12.9. The lowest BCUT2D eigenvalue weighted by Crippen LogP contribution is -2.09. The first-order valence-electron chi connectivity index (χ1n) is 18.8. The van der Waals surface area contributed by atoms with Gasteiger partial charge in [0.25, 0.3) is 0 Å². The van der Waals surface area contributed by atoms with Gasteiger partial charge in [0.1, 0.15) is 11.5 Å². The van der Waals surface area contributed by atoms with Crippen LogP contribution < -0.4 is 20.7 Å². The Labute approximate surface area is 303 Å². The molecule has 2 aromatic heterocycles. The van der Waals surface area contributed by atoms with E-state index in [1.165, 1.54) is 63.5 Å². The summed E-state index contributed by atoms with van der Waals surface area (Å²) in [4.78, 5) is 59.6. The number of hydrogen-bond donors (Lipinski definition) is 0. The standard InChI is InChI=1S/C42H48N2O8/c1-3-5-7-9-11-13-15-17-37(45)49-31-23-25-35-33(27-31)41(47)51-39(43-35)29-19-21-30(22-20-29)40-44-36-26-24-32(28-34(36)42(48)52-40)50-38(46)18-16-14-12-10-8-6-4-2/h19-28H,3-18H2,1-2H3. The molecule has 0 aliphatic carbocycles. The number of benzene rings is 3. The fraction of sp³-hybridized carbons (Fsp3) is 0.429. The summed E-state index contributed by atoms with van der Waals surface area (Å²) in [5.74, 6) is 0.0835. The summed E-state index contributed by atoms with van der Waals surface area (Å²) in [5.41, 5.74) is 0.621. The van der Waals surface area contributed by atoms with Gasteiger partial charge in [-0.1, -0.05) is 90.9 Å². The highest BCUT2D eigenvalue weighted by molar-refractivity contribution is 5.83. The van der Waals surface area contributed by atoms with E-state index < -0.39 is 11.3 Å². The molecule has 0 aliphatic rings. The second-order valence-electron chi connectivity index (χ2n) is 13.2. The molecule has 5 rings (SSSR count). The summed E-state index contributed by atoms with van der Waals surface area (Å²) < 4.78 is 22.0. The average molecular weight is 709 g/mol. The van der Waals surface area contributed by atoms with Crippen LogP contribution in [0, 0.1) is 0 Å². The van der Waals surface area contributed by atoms with Gasteiger partial charge in [0, 0.05) is 24.0 Å². The van der Waals surface area contributed by atoms with Crippen molar-refractivity contribution in [2.24, 2.45) is 0 Å². The fourth-order valence-electron chi connectivity index (χ4n) is 6.05. The summed E-state index contributed by atoms with van der Waals surface area (Å²) in [7, 11) is 0. The van der Waals surface area contributed by atoms with E-state index in [0.717, 1.165) is 38.5 Å². The SMILES string of the molecule is CCCCCCCCCC(=O)Oc1ccc2nc(-c3ccc(-c4nc5ccc(OC(=O)CCCCCCCCC)cc5c(=O)o4)cc3)oc(=O)c2c1. The van der Waals surface area contributed by atoms with E-state index in [1.807, 2.05) is 0 Å². The lowest BCUT2D eigenvalue weighted by Gasteiger charge is -2.07. The molecule has 0 amide bonds. The Morgan fingerprint density at radius 2 is 0.885 bits per heavy atom. The zero-order valence-electron chi connectivity index (χ0n) is 30.2. The zero-order valence-corrected chi connectivity index (χ0v) is 30.2. The number of fused-ring (bicyclic) bond motifs is 2. The molecular weight excluding hydrogens is 660 g/mol. The Kier molecular flexibility index (Phi) is 14.3. The lowest BCUT2D eigenvalue weighted by atomic mass is 10.1. The first-order valence-corrected chi connectivity index (χ1v) is 18.8. The molecule has 5 aromatic rings. The van der Waals surface area contributed by atoms with E-state index in [-0.39, 0.29) is 46.0 Å². The summed E-state index contributed by atoms with van der Waals surface area (Å²) in [5, 5.41) is 0.407. The van der Waals surface area contributed by atoms with E-state index in [4.69, 9.17) is 18.3 Å². The summed E-state index contributed by atoms with van der Waals surface area (Å²) in [6, 6.07) is 16.2. The van der Waals surface area contributed by atoms with Gasteiger partial charge in [-0.05, 0) is 73.5 Å². The van der Waals surface area contributed by atoms with Gasteiger partial charge < -0.3 is 18.3 Å². The van der Waals surface area contributed by atoms with Crippen molar-refractivity contribution >= 4 is 33.7 Å². The largest absolute Gasteiger partial charge is 0.427 e. The van der Waals surface area contributed by atoms with Crippen LogP contribution in [0.25, 0.3) is 44.7 Å². The third-order valence-electron chi connectivity index (χ3n) is 9.01. The van der Waals surface area contributed by atoms with Crippen molar-refractivity contribution in [3.63, 3.8) is 0 Å². The molecule has 0 fully saturated rings. The molecule has 0 radical (unpaired) electrons. The molecule has 0 saturated heterocycles. The minimum absolute atomic E-state index is 0.106. The van der Waals surface area contributed by atoms with Crippen LogP contribution in [-0.4, -0.2) is 21.9 Å². The van der Waals surface area contributed by atoms with Crippen molar-refractivity contribution < 1.29 is 27.9 Å². The number of rotatable bonds is 20. The fourth-order valence-corrected chi connectivity index (χ4v) is 6.05. The van der Waals surface area contributed by atoms with Crippen molar-refractivity contribution in [1.82, 2.24) is 9.97 Å². The zero-order chi connectivity index (χ0) is 36.7. The first kappa shape index (κ1) is 38.1. The van der Waals surface area contributed by atoms with E-state index in [9.17, 15) is 19.2 Å². The number of hydrogen-bond acceptors (Lipinski definition) is 10. The normalized spacial score (nSPS) is 11.3. The Bertz CT molecular complexity index is 1920. The van der Waals surface area contributed by atoms with Gasteiger partial charge in [0.15, 0.2) is 0 Å². The maximum Gasteiger partial charge on any atom is 0.347 e. The molecule has 0 bridgehead atoms. The molecule has 52 heavy (non-hydrogen) atoms. The highest BCUT2D eigenvalue weighted by Crippen LogP contribution is 2.26. The van der Waals surface area contributed by atoms with E-state index >= 15 is 0 Å². The summed E-state index contributed by atoms with van der Waals surface area (Å²) in [6.07, 6.45) is 16.1. The molecule has 2 heterocycles. The van der Waals surface area contributed by atoms with Crippen molar-refractivity contribution in [2.75, 3.05) is 0 Å². The first-order chi connectivity index (χ1) is 25.3. The predicted octanol–water partition coefficient (Wildman–Crippen LogP) is 10.1. The second kappa shape index (κ2) is 19.5. The number of ether oxygens (including phenoxy) is 2. The second-order valence-corrected chi connectivity index (χ2v) is 13.2.